The van der Waals surface area contributed by atoms with E-state index < -0.39 is 0 Å². The highest BCUT2D eigenvalue weighted by Crippen LogP contribution is 2.31. The lowest BCUT2D eigenvalue weighted by molar-refractivity contribution is 0.414. The third-order valence-corrected chi connectivity index (χ3v) is 3.70. The van der Waals surface area contributed by atoms with Crippen molar-refractivity contribution in [2.45, 2.75) is 19.3 Å². The van der Waals surface area contributed by atoms with Crippen molar-refractivity contribution in [1.82, 2.24) is 0 Å². The molecule has 2 aromatic rings. The zero-order valence-electron chi connectivity index (χ0n) is 11.2. The summed E-state index contributed by atoms with van der Waals surface area (Å²) in [6.07, 6.45) is 5.63. The molecule has 0 aromatic heterocycles. The molecule has 0 radical (unpaired) electrons. The second-order valence-electron chi connectivity index (χ2n) is 4.95. The lowest BCUT2D eigenvalue weighted by Crippen LogP contribution is -2.02. The molecular weight excluding hydrogens is 232 g/mol. The molecule has 1 nitrogen and oxygen atoms in total. The first-order chi connectivity index (χ1) is 9.36. The van der Waals surface area contributed by atoms with Gasteiger partial charge in [0.15, 0.2) is 0 Å². The van der Waals surface area contributed by atoms with Crippen molar-refractivity contribution >= 4 is 5.57 Å². The Hall–Kier alpha value is -2.02. The summed E-state index contributed by atoms with van der Waals surface area (Å²) >= 11 is 0. The maximum atomic E-state index is 5.31. The number of fused-ring (bicyclic) bond motifs is 1. The summed E-state index contributed by atoms with van der Waals surface area (Å²) in [5.74, 6) is 0.958. The van der Waals surface area contributed by atoms with Crippen LogP contribution in [0.4, 0.5) is 0 Å². The van der Waals surface area contributed by atoms with Gasteiger partial charge in [0, 0.05) is 0 Å². The minimum atomic E-state index is 0.958. The highest BCUT2D eigenvalue weighted by atomic mass is 16.5. The Morgan fingerprint density at radius 1 is 1.05 bits per heavy atom. The molecule has 0 spiro atoms. The minimum Gasteiger partial charge on any atom is -0.497 e. The van der Waals surface area contributed by atoms with Crippen LogP contribution < -0.4 is 4.74 Å². The Balaban J connectivity index is 1.91. The minimum absolute atomic E-state index is 0.958. The van der Waals surface area contributed by atoms with Crippen LogP contribution in [0.15, 0.2) is 54.6 Å². The van der Waals surface area contributed by atoms with Gasteiger partial charge in [0.25, 0.3) is 0 Å². The Morgan fingerprint density at radius 2 is 1.89 bits per heavy atom. The summed E-state index contributed by atoms with van der Waals surface area (Å²) < 4.78 is 5.31. The molecule has 0 saturated carbocycles. The van der Waals surface area contributed by atoms with E-state index in [1.54, 1.807) is 7.11 Å². The number of allylic oxidation sites excluding steroid dienone is 2. The summed E-state index contributed by atoms with van der Waals surface area (Å²) in [5, 5.41) is 0. The largest absolute Gasteiger partial charge is 0.497 e. The summed E-state index contributed by atoms with van der Waals surface area (Å²) in [4.78, 5) is 0. The van der Waals surface area contributed by atoms with Crippen LogP contribution in [0.1, 0.15) is 23.1 Å². The fourth-order valence-corrected chi connectivity index (χ4v) is 2.71. The zero-order valence-corrected chi connectivity index (χ0v) is 11.2. The fraction of sp³-hybridized carbons (Fsp3) is 0.222. The van der Waals surface area contributed by atoms with Gasteiger partial charge in [-0.1, -0.05) is 42.5 Å². The molecule has 0 N–H and O–H groups in total. The van der Waals surface area contributed by atoms with E-state index in [-0.39, 0.29) is 0 Å². The van der Waals surface area contributed by atoms with Gasteiger partial charge in [-0.05, 0) is 53.7 Å². The van der Waals surface area contributed by atoms with Gasteiger partial charge in [-0.3, -0.25) is 0 Å². The van der Waals surface area contributed by atoms with Gasteiger partial charge >= 0.3 is 0 Å². The number of ether oxygens (including phenoxy) is 1. The lowest BCUT2D eigenvalue weighted by atomic mass is 9.87. The van der Waals surface area contributed by atoms with E-state index in [0.717, 1.165) is 25.0 Å². The first-order valence-electron chi connectivity index (χ1n) is 6.77. The second-order valence-corrected chi connectivity index (χ2v) is 4.95. The number of hydrogen-bond acceptors (Lipinski definition) is 1. The molecule has 1 aliphatic carbocycles. The molecule has 2 aromatic carbocycles. The van der Waals surface area contributed by atoms with Gasteiger partial charge in [0.2, 0.25) is 0 Å². The molecule has 0 heterocycles. The van der Waals surface area contributed by atoms with E-state index >= 15 is 0 Å². The number of methoxy groups -OCH3 is 1. The lowest BCUT2D eigenvalue weighted by Gasteiger charge is -2.19. The summed E-state index contributed by atoms with van der Waals surface area (Å²) in [7, 11) is 1.73. The highest BCUT2D eigenvalue weighted by molar-refractivity contribution is 5.72. The van der Waals surface area contributed by atoms with E-state index in [2.05, 4.69) is 54.6 Å². The maximum absolute atomic E-state index is 5.31. The standard InChI is InChI=1S/C18H18O/c1-19-17-10-11-18-15(8-5-9-16(18)13-17)12-14-6-3-2-4-7-14/h2-4,6-8,10-11,13H,5,9,12H2,1H3. The van der Waals surface area contributed by atoms with Crippen LogP contribution >= 0.6 is 0 Å². The normalized spacial score (nSPS) is 13.6. The van der Waals surface area contributed by atoms with E-state index in [1.165, 1.54) is 22.3 Å². The van der Waals surface area contributed by atoms with Crippen LogP contribution in [0.5, 0.6) is 5.75 Å². The van der Waals surface area contributed by atoms with Crippen LogP contribution in [-0.4, -0.2) is 7.11 Å². The fourth-order valence-electron chi connectivity index (χ4n) is 2.71. The third kappa shape index (κ3) is 2.55. The first-order valence-corrected chi connectivity index (χ1v) is 6.77. The molecule has 0 saturated heterocycles. The number of rotatable bonds is 3. The molecule has 0 atom stereocenters. The van der Waals surface area contributed by atoms with E-state index in [9.17, 15) is 0 Å². The predicted octanol–water partition coefficient (Wildman–Crippen LogP) is 4.27. The quantitative estimate of drug-likeness (QED) is 0.790. The summed E-state index contributed by atoms with van der Waals surface area (Å²) in [6, 6.07) is 17.1. The molecule has 0 bridgehead atoms. The Labute approximate surface area is 114 Å². The molecule has 3 rings (SSSR count). The zero-order chi connectivity index (χ0) is 13.1. The molecule has 96 valence electrons. The van der Waals surface area contributed by atoms with Crippen LogP contribution in [0.25, 0.3) is 5.57 Å². The van der Waals surface area contributed by atoms with Gasteiger partial charge in [-0.15, -0.1) is 0 Å². The number of benzene rings is 2. The van der Waals surface area contributed by atoms with Crippen molar-refractivity contribution < 1.29 is 4.74 Å². The Kier molecular flexibility index (Phi) is 3.37. The predicted molar refractivity (Wildman–Crippen MR) is 79.4 cm³/mol. The number of hydrogen-bond donors (Lipinski definition) is 0. The van der Waals surface area contributed by atoms with E-state index in [0.29, 0.717) is 0 Å². The van der Waals surface area contributed by atoms with Crippen molar-refractivity contribution in [2.75, 3.05) is 7.11 Å². The number of aryl methyl sites for hydroxylation is 1. The van der Waals surface area contributed by atoms with Crippen molar-refractivity contribution in [2.24, 2.45) is 0 Å². The van der Waals surface area contributed by atoms with Crippen molar-refractivity contribution in [3.63, 3.8) is 0 Å². The maximum Gasteiger partial charge on any atom is 0.119 e. The average molecular weight is 250 g/mol. The monoisotopic (exact) mass is 250 g/mol. The van der Waals surface area contributed by atoms with Crippen molar-refractivity contribution in [3.8, 4) is 5.75 Å². The highest BCUT2D eigenvalue weighted by Gasteiger charge is 2.13. The smallest absolute Gasteiger partial charge is 0.119 e. The molecular formula is C18H18O. The van der Waals surface area contributed by atoms with Crippen molar-refractivity contribution in [3.05, 3.63) is 71.3 Å². The first kappa shape index (κ1) is 12.0. The Morgan fingerprint density at radius 3 is 2.68 bits per heavy atom. The molecule has 19 heavy (non-hydrogen) atoms. The third-order valence-electron chi connectivity index (χ3n) is 3.70. The van der Waals surface area contributed by atoms with Crippen LogP contribution in [0, 0.1) is 0 Å². The summed E-state index contributed by atoms with van der Waals surface area (Å²) in [6.45, 7) is 0. The van der Waals surface area contributed by atoms with Crippen molar-refractivity contribution in [1.29, 1.82) is 0 Å². The topological polar surface area (TPSA) is 9.23 Å². The molecule has 0 unspecified atom stereocenters. The Bertz CT molecular complexity index is 596. The average Bonchev–Trinajstić information content (AvgIpc) is 2.48. The molecule has 1 aliphatic rings. The van der Waals surface area contributed by atoms with Gasteiger partial charge in [-0.25, -0.2) is 0 Å². The molecule has 0 fully saturated rings. The van der Waals surface area contributed by atoms with Crippen LogP contribution in [-0.2, 0) is 12.8 Å². The van der Waals surface area contributed by atoms with Gasteiger partial charge in [0.1, 0.15) is 5.75 Å². The van der Waals surface area contributed by atoms with Gasteiger partial charge < -0.3 is 4.74 Å². The van der Waals surface area contributed by atoms with Crippen LogP contribution in [0.2, 0.25) is 0 Å². The van der Waals surface area contributed by atoms with E-state index in [4.69, 9.17) is 4.74 Å². The molecule has 0 amide bonds. The second kappa shape index (κ2) is 5.31. The summed E-state index contributed by atoms with van der Waals surface area (Å²) in [5.41, 5.74) is 5.61. The van der Waals surface area contributed by atoms with E-state index in [1.807, 2.05) is 0 Å². The SMILES string of the molecule is COc1ccc2c(c1)CCC=C2Cc1ccccc1. The molecule has 0 aliphatic heterocycles. The van der Waals surface area contributed by atoms with Crippen LogP contribution in [0.3, 0.4) is 0 Å². The van der Waals surface area contributed by atoms with Gasteiger partial charge in [-0.2, -0.15) is 0 Å². The molecule has 1 heteroatoms. The van der Waals surface area contributed by atoms with Gasteiger partial charge in [0.05, 0.1) is 7.11 Å².